The molecule has 1 aromatic carbocycles. The van der Waals surface area contributed by atoms with E-state index in [1.165, 1.54) is 0 Å². The fourth-order valence-electron chi connectivity index (χ4n) is 3.95. The number of hydrogen-bond donors (Lipinski definition) is 3. The van der Waals surface area contributed by atoms with E-state index in [9.17, 15) is 20.3 Å². The van der Waals surface area contributed by atoms with Gasteiger partial charge in [0.25, 0.3) is 5.69 Å². The van der Waals surface area contributed by atoms with Gasteiger partial charge in [-0.3, -0.25) is 20.0 Å². The van der Waals surface area contributed by atoms with Gasteiger partial charge in [0.15, 0.2) is 0 Å². The molecule has 0 spiro atoms. The van der Waals surface area contributed by atoms with Crippen molar-refractivity contribution in [2.24, 2.45) is 4.99 Å². The summed E-state index contributed by atoms with van der Waals surface area (Å²) in [5.41, 5.74) is 2.18. The number of nitro benzene ring substituents is 1. The van der Waals surface area contributed by atoms with E-state index in [-0.39, 0.29) is 29.4 Å². The number of piperidine rings is 1. The highest BCUT2D eigenvalue weighted by Gasteiger charge is 2.26. The van der Waals surface area contributed by atoms with Crippen molar-refractivity contribution in [2.75, 3.05) is 31.6 Å². The number of allylic oxidation sites excluding steroid dienone is 2. The third-order valence-electron chi connectivity index (χ3n) is 5.82. The third kappa shape index (κ3) is 8.18. The Kier molecular flexibility index (Phi) is 11.1. The monoisotopic (exact) mass is 444 g/mol. The van der Waals surface area contributed by atoms with Crippen LogP contribution >= 0.6 is 0 Å². The molecular formula is C24H36N4O4. The minimum Gasteiger partial charge on any atom is -0.395 e. The summed E-state index contributed by atoms with van der Waals surface area (Å²) >= 11 is 0. The Morgan fingerprint density at radius 3 is 2.88 bits per heavy atom. The highest BCUT2D eigenvalue weighted by atomic mass is 16.6. The second-order valence-electron chi connectivity index (χ2n) is 8.23. The van der Waals surface area contributed by atoms with Crippen molar-refractivity contribution < 1.29 is 15.1 Å². The Bertz CT molecular complexity index is 809. The molecule has 0 unspecified atom stereocenters. The first kappa shape index (κ1) is 25.7. The van der Waals surface area contributed by atoms with Crippen molar-refractivity contribution in [2.45, 2.75) is 57.6 Å². The van der Waals surface area contributed by atoms with Gasteiger partial charge < -0.3 is 15.5 Å². The Labute approximate surface area is 190 Å². The van der Waals surface area contributed by atoms with E-state index in [0.717, 1.165) is 56.3 Å². The minimum absolute atomic E-state index is 0.0604. The number of nitrogens with zero attached hydrogens (tertiary/aromatic N) is 3. The van der Waals surface area contributed by atoms with Gasteiger partial charge in [-0.15, -0.1) is 0 Å². The molecule has 0 amide bonds. The third-order valence-corrected chi connectivity index (χ3v) is 5.82. The fourth-order valence-corrected chi connectivity index (χ4v) is 3.95. The number of aliphatic hydroxyl groups excluding tert-OH is 2. The van der Waals surface area contributed by atoms with Crippen molar-refractivity contribution in [3.63, 3.8) is 0 Å². The maximum Gasteiger partial charge on any atom is 0.292 e. The van der Waals surface area contributed by atoms with Crippen LogP contribution in [-0.4, -0.2) is 64.6 Å². The molecule has 8 nitrogen and oxygen atoms in total. The first-order valence-corrected chi connectivity index (χ1v) is 11.3. The lowest BCUT2D eigenvalue weighted by Crippen LogP contribution is -2.46. The second kappa shape index (κ2) is 13.8. The number of nitrogens with one attached hydrogen (secondary N) is 1. The number of benzene rings is 1. The summed E-state index contributed by atoms with van der Waals surface area (Å²) in [6.07, 6.45) is 9.99. The molecule has 1 saturated heterocycles. The van der Waals surface area contributed by atoms with Crippen LogP contribution in [0.4, 0.5) is 11.4 Å². The Morgan fingerprint density at radius 2 is 2.16 bits per heavy atom. The van der Waals surface area contributed by atoms with Crippen molar-refractivity contribution in [1.82, 2.24) is 4.90 Å². The topological polar surface area (TPSA) is 111 Å². The van der Waals surface area contributed by atoms with Crippen molar-refractivity contribution in [3.05, 3.63) is 52.7 Å². The number of aliphatic imine (C=N–C) groups is 1. The van der Waals surface area contributed by atoms with E-state index in [0.29, 0.717) is 18.7 Å². The van der Waals surface area contributed by atoms with Gasteiger partial charge in [0, 0.05) is 37.6 Å². The van der Waals surface area contributed by atoms with Gasteiger partial charge >= 0.3 is 0 Å². The summed E-state index contributed by atoms with van der Waals surface area (Å²) in [4.78, 5) is 17.5. The van der Waals surface area contributed by atoms with E-state index in [4.69, 9.17) is 0 Å². The molecule has 32 heavy (non-hydrogen) atoms. The number of rotatable bonds is 13. The number of hydrogen-bond acceptors (Lipinski definition) is 7. The lowest BCUT2D eigenvalue weighted by molar-refractivity contribution is -0.384. The molecule has 1 aromatic rings. The molecule has 3 N–H and O–H groups in total. The molecule has 1 aliphatic rings. The van der Waals surface area contributed by atoms with E-state index in [1.54, 1.807) is 30.6 Å². The molecule has 176 valence electrons. The minimum atomic E-state index is -0.362. The number of anilines is 1. The summed E-state index contributed by atoms with van der Waals surface area (Å²) < 4.78 is 0. The van der Waals surface area contributed by atoms with Gasteiger partial charge in [0.2, 0.25) is 0 Å². The Balaban J connectivity index is 1.76. The molecule has 1 heterocycles. The van der Waals surface area contributed by atoms with Crippen LogP contribution in [0.25, 0.3) is 5.57 Å². The molecule has 1 aliphatic heterocycles. The van der Waals surface area contributed by atoms with Crippen LogP contribution in [0.2, 0.25) is 0 Å². The summed E-state index contributed by atoms with van der Waals surface area (Å²) in [7, 11) is 0. The van der Waals surface area contributed by atoms with E-state index in [2.05, 4.69) is 21.8 Å². The lowest BCUT2D eigenvalue weighted by Gasteiger charge is -2.36. The second-order valence-corrected chi connectivity index (χ2v) is 8.23. The molecule has 0 radical (unpaired) electrons. The molecule has 0 aliphatic carbocycles. The Hall–Kier alpha value is -2.55. The van der Waals surface area contributed by atoms with Crippen LogP contribution in [0, 0.1) is 10.1 Å². The largest absolute Gasteiger partial charge is 0.395 e. The van der Waals surface area contributed by atoms with Gasteiger partial charge in [-0.1, -0.05) is 31.6 Å². The molecule has 0 saturated carbocycles. The number of unbranched alkanes of at least 4 members (excludes halogenated alkanes) is 3. The predicted molar refractivity (Wildman–Crippen MR) is 130 cm³/mol. The van der Waals surface area contributed by atoms with E-state index < -0.39 is 0 Å². The molecule has 2 atom stereocenters. The molecule has 8 heteroatoms. The number of nitro groups is 1. The van der Waals surface area contributed by atoms with Crippen LogP contribution in [0.3, 0.4) is 0 Å². The average molecular weight is 445 g/mol. The SMILES string of the molecule is C=C/C=N\C=C(/C)c1ccc(NCCCCCCN2CC[C@@H](O)C[C@H]2CO)c([N+](=O)[O-])c1. The molecule has 0 bridgehead atoms. The van der Waals surface area contributed by atoms with Gasteiger partial charge in [0.05, 0.1) is 17.6 Å². The van der Waals surface area contributed by atoms with Crippen molar-refractivity contribution >= 4 is 23.2 Å². The summed E-state index contributed by atoms with van der Waals surface area (Å²) in [5.74, 6) is 0. The van der Waals surface area contributed by atoms with Crippen LogP contribution in [0.1, 0.15) is 51.0 Å². The normalized spacial score (nSPS) is 19.9. The van der Waals surface area contributed by atoms with Crippen molar-refractivity contribution in [1.29, 1.82) is 0 Å². The van der Waals surface area contributed by atoms with Gasteiger partial charge in [0.1, 0.15) is 5.69 Å². The summed E-state index contributed by atoms with van der Waals surface area (Å²) in [6, 6.07) is 5.25. The Morgan fingerprint density at radius 1 is 1.38 bits per heavy atom. The molecule has 0 aromatic heterocycles. The first-order chi connectivity index (χ1) is 15.5. The predicted octanol–water partition coefficient (Wildman–Crippen LogP) is 4.00. The summed E-state index contributed by atoms with van der Waals surface area (Å²) in [6.45, 7) is 7.96. The highest BCUT2D eigenvalue weighted by molar-refractivity contribution is 5.75. The molecule has 2 rings (SSSR count). The van der Waals surface area contributed by atoms with Gasteiger partial charge in [-0.2, -0.15) is 0 Å². The first-order valence-electron chi connectivity index (χ1n) is 11.3. The smallest absolute Gasteiger partial charge is 0.292 e. The van der Waals surface area contributed by atoms with Crippen LogP contribution in [0.5, 0.6) is 0 Å². The van der Waals surface area contributed by atoms with E-state index >= 15 is 0 Å². The van der Waals surface area contributed by atoms with Crippen LogP contribution in [0.15, 0.2) is 42.0 Å². The zero-order valence-electron chi connectivity index (χ0n) is 18.9. The maximum absolute atomic E-state index is 11.5. The van der Waals surface area contributed by atoms with E-state index in [1.807, 2.05) is 13.0 Å². The van der Waals surface area contributed by atoms with Crippen molar-refractivity contribution in [3.8, 4) is 0 Å². The number of likely N-dealkylation sites (tertiary alicyclic amines) is 1. The van der Waals surface area contributed by atoms with Crippen LogP contribution in [-0.2, 0) is 0 Å². The van der Waals surface area contributed by atoms with Gasteiger partial charge in [-0.05, 0) is 56.4 Å². The van der Waals surface area contributed by atoms with Crippen LogP contribution < -0.4 is 5.32 Å². The maximum atomic E-state index is 11.5. The standard InChI is InChI=1S/C24H36N4O4/c1-3-11-25-17-19(2)20-8-9-23(24(15-20)28(31)32)26-12-6-4-5-7-13-27-14-10-22(30)16-21(27)18-29/h3,8-9,11,15,17,21-22,26,29-30H,1,4-7,10,12-14,16,18H2,2H3/b19-17+,25-11-/t21-,22+/m0/s1. The lowest BCUT2D eigenvalue weighted by atomic mass is 9.99. The number of aliphatic hydroxyl groups is 2. The van der Waals surface area contributed by atoms with Gasteiger partial charge in [-0.25, -0.2) is 0 Å². The highest BCUT2D eigenvalue weighted by Crippen LogP contribution is 2.28. The summed E-state index contributed by atoms with van der Waals surface area (Å²) in [5, 5.41) is 33.9. The molecular weight excluding hydrogens is 408 g/mol. The zero-order valence-corrected chi connectivity index (χ0v) is 18.9. The quantitative estimate of drug-likeness (QED) is 0.183. The zero-order chi connectivity index (χ0) is 23.3. The molecule has 1 fully saturated rings. The average Bonchev–Trinajstić information content (AvgIpc) is 2.79. The fraction of sp³-hybridized carbons (Fsp3) is 0.542.